The molecule has 0 bridgehead atoms. The van der Waals surface area contributed by atoms with Crippen molar-refractivity contribution in [3.05, 3.63) is 12.7 Å². The van der Waals surface area contributed by atoms with Crippen LogP contribution in [0.4, 0.5) is 0 Å². The quantitative estimate of drug-likeness (QED) is 0.410. The second-order valence-corrected chi connectivity index (χ2v) is 1.87. The zero-order chi connectivity index (χ0) is 3.41. The predicted molar refractivity (Wildman–Crippen MR) is 30.1 cm³/mol. The van der Waals surface area contributed by atoms with Crippen molar-refractivity contribution < 1.29 is 2.85 Å². The Morgan fingerprint density at radius 3 is 2.20 bits per heavy atom. The standard InChI is InChI=1S/C3H5.Mg.Sn.3H/c1-3-2;;;;;/h3H,1-2H2;;;;;/q;+2;;;2*-1. The van der Waals surface area contributed by atoms with E-state index in [0.29, 0.717) is 0 Å². The van der Waals surface area contributed by atoms with Gasteiger partial charge in [-0.3, -0.25) is 0 Å². The van der Waals surface area contributed by atoms with E-state index >= 15 is 0 Å². The molecule has 0 aromatic rings. The number of rotatable bonds is 1. The van der Waals surface area contributed by atoms with Gasteiger partial charge in [-0.2, -0.15) is 0 Å². The van der Waals surface area contributed by atoms with E-state index < -0.39 is 0 Å². The van der Waals surface area contributed by atoms with Gasteiger partial charge in [0, 0.05) is 0 Å². The number of allylic oxidation sites excluding steroid dienone is 1. The molecule has 2 radical (unpaired) electrons. The summed E-state index contributed by atoms with van der Waals surface area (Å²) in [6, 6.07) is 0. The number of hydrogen-bond acceptors (Lipinski definition) is 0. The molecule has 0 N–H and O–H groups in total. The smallest absolute Gasteiger partial charge is 1.00 e. The monoisotopic (exact) mass is 188 g/mol. The SMILES string of the molecule is C=C[CH2][SnH].[H-].[H-].[Mg+2]. The fourth-order valence-corrected chi connectivity index (χ4v) is 0. The van der Waals surface area contributed by atoms with Crippen LogP contribution < -0.4 is 0 Å². The van der Waals surface area contributed by atoms with Crippen LogP contribution in [0.2, 0.25) is 4.44 Å². The first-order valence-corrected chi connectivity index (χ1v) is 3.56. The van der Waals surface area contributed by atoms with Crippen LogP contribution in [0.3, 0.4) is 0 Å². The van der Waals surface area contributed by atoms with Crippen molar-refractivity contribution in [3.63, 3.8) is 0 Å². The zero-order valence-electron chi connectivity index (χ0n) is 5.28. The molecule has 0 spiro atoms. The van der Waals surface area contributed by atoms with E-state index in [1.807, 2.05) is 6.08 Å². The van der Waals surface area contributed by atoms with Gasteiger partial charge in [0.05, 0.1) is 0 Å². The van der Waals surface area contributed by atoms with Gasteiger partial charge in [0.15, 0.2) is 0 Å². The maximum atomic E-state index is 3.51. The minimum absolute atomic E-state index is 0. The molecule has 26 valence electrons. The summed E-state index contributed by atoms with van der Waals surface area (Å²) in [5.41, 5.74) is 0. The second kappa shape index (κ2) is 9.00. The van der Waals surface area contributed by atoms with E-state index in [0.717, 1.165) is 0 Å². The average molecular weight is 187 g/mol. The van der Waals surface area contributed by atoms with E-state index in [-0.39, 0.29) is 25.9 Å². The summed E-state index contributed by atoms with van der Waals surface area (Å²) in [5.74, 6) is 0. The Labute approximate surface area is 65.2 Å². The molecule has 0 aliphatic heterocycles. The molecule has 0 saturated heterocycles. The molecule has 0 rings (SSSR count). The largest absolute Gasteiger partial charge is 2.00 e. The predicted octanol–water partition coefficient (Wildman–Crippen LogP) is 0.336. The van der Waals surface area contributed by atoms with Gasteiger partial charge in [0.25, 0.3) is 0 Å². The normalized spacial score (nSPS) is 5.00. The summed E-state index contributed by atoms with van der Waals surface area (Å²) in [6.07, 6.45) is 1.93. The van der Waals surface area contributed by atoms with Gasteiger partial charge >= 0.3 is 62.7 Å². The molecule has 0 aromatic heterocycles. The fraction of sp³-hybridized carbons (Fsp3) is 0.333. The molecule has 0 amide bonds. The third-order valence-corrected chi connectivity index (χ3v) is 1.12. The van der Waals surface area contributed by atoms with Crippen molar-refractivity contribution in [2.75, 3.05) is 0 Å². The van der Waals surface area contributed by atoms with Gasteiger partial charge in [-0.1, -0.05) is 0 Å². The molecule has 0 atom stereocenters. The summed E-state index contributed by atoms with van der Waals surface area (Å²) in [5, 5.41) is 0. The Morgan fingerprint density at radius 1 is 2.00 bits per heavy atom. The molecule has 0 saturated carbocycles. The molecule has 0 nitrogen and oxygen atoms in total. The van der Waals surface area contributed by atoms with Crippen molar-refractivity contribution >= 4 is 45.6 Å². The van der Waals surface area contributed by atoms with E-state index in [4.69, 9.17) is 0 Å². The molecule has 0 heterocycles. The van der Waals surface area contributed by atoms with Crippen LogP contribution in [0, 0.1) is 0 Å². The molecule has 0 unspecified atom stereocenters. The van der Waals surface area contributed by atoms with Crippen LogP contribution in [0.15, 0.2) is 12.7 Å². The Hall–Kier alpha value is 1.30. The summed E-state index contributed by atoms with van der Waals surface area (Å²) >= 11 is 1.32. The molecule has 2 heteroatoms. The molecule has 0 aromatic carbocycles. The minimum Gasteiger partial charge on any atom is -1.00 e. The van der Waals surface area contributed by atoms with Crippen LogP contribution >= 0.6 is 0 Å². The zero-order valence-corrected chi connectivity index (χ0v) is 7.99. The van der Waals surface area contributed by atoms with E-state index in [1.165, 1.54) is 27.0 Å². The Balaban J connectivity index is -0.0000000150. The molecule has 0 aliphatic carbocycles. The molecule has 0 fully saturated rings. The Kier molecular flexibility index (Phi) is 17.2. The maximum absolute atomic E-state index is 3.51. The summed E-state index contributed by atoms with van der Waals surface area (Å²) in [6.45, 7) is 3.51. The topological polar surface area (TPSA) is 0 Å². The van der Waals surface area contributed by atoms with Gasteiger partial charge < -0.3 is 2.85 Å². The Bertz CT molecular complexity index is 26.9. The van der Waals surface area contributed by atoms with Crippen molar-refractivity contribution in [2.45, 2.75) is 4.44 Å². The van der Waals surface area contributed by atoms with Crippen molar-refractivity contribution in [1.82, 2.24) is 0 Å². The van der Waals surface area contributed by atoms with Crippen LogP contribution in [0.25, 0.3) is 0 Å². The van der Waals surface area contributed by atoms with Gasteiger partial charge in [-0.25, -0.2) is 0 Å². The van der Waals surface area contributed by atoms with Crippen LogP contribution in [-0.2, 0) is 0 Å². The Morgan fingerprint density at radius 2 is 2.20 bits per heavy atom. The fourth-order valence-electron chi connectivity index (χ4n) is 0. The van der Waals surface area contributed by atoms with Crippen molar-refractivity contribution in [3.8, 4) is 0 Å². The van der Waals surface area contributed by atoms with Gasteiger partial charge in [0.2, 0.25) is 0 Å². The molecular formula is C3H8MgSn. The molecular weight excluding hydrogens is 179 g/mol. The number of hydrogen-bond donors (Lipinski definition) is 0. The summed E-state index contributed by atoms with van der Waals surface area (Å²) in [7, 11) is 0. The third-order valence-electron chi connectivity index (χ3n) is 0.167. The average Bonchev–Trinajstić information content (AvgIpc) is 1.37. The van der Waals surface area contributed by atoms with Crippen LogP contribution in [-0.4, -0.2) is 45.6 Å². The van der Waals surface area contributed by atoms with E-state index in [2.05, 4.69) is 6.58 Å². The molecule has 0 aliphatic rings. The summed E-state index contributed by atoms with van der Waals surface area (Å²) < 4.78 is 1.21. The minimum atomic E-state index is 0. The van der Waals surface area contributed by atoms with Crippen LogP contribution in [0.1, 0.15) is 2.85 Å². The van der Waals surface area contributed by atoms with E-state index in [9.17, 15) is 0 Å². The second-order valence-electron chi connectivity index (χ2n) is 0.524. The van der Waals surface area contributed by atoms with Crippen LogP contribution in [0.5, 0.6) is 0 Å². The third kappa shape index (κ3) is 10.9. The van der Waals surface area contributed by atoms with Crippen molar-refractivity contribution in [2.24, 2.45) is 0 Å². The molecule has 5 heavy (non-hydrogen) atoms. The van der Waals surface area contributed by atoms with Gasteiger partial charge in [-0.05, 0) is 0 Å². The van der Waals surface area contributed by atoms with Gasteiger partial charge in [-0.15, -0.1) is 0 Å². The van der Waals surface area contributed by atoms with Crippen molar-refractivity contribution in [1.29, 1.82) is 0 Å². The summed E-state index contributed by atoms with van der Waals surface area (Å²) in [4.78, 5) is 0. The first-order chi connectivity index (χ1) is 1.91. The van der Waals surface area contributed by atoms with E-state index in [1.54, 1.807) is 0 Å². The maximum Gasteiger partial charge on any atom is 2.00 e. The van der Waals surface area contributed by atoms with Gasteiger partial charge in [0.1, 0.15) is 0 Å². The first-order valence-electron chi connectivity index (χ1n) is 1.22. The first kappa shape index (κ1) is 9.57.